The summed E-state index contributed by atoms with van der Waals surface area (Å²) in [5.41, 5.74) is 0.377. The molecular formula is C12H9FN2O2. The molecule has 0 aliphatic heterocycles. The summed E-state index contributed by atoms with van der Waals surface area (Å²) in [4.78, 5) is 24.9. The van der Waals surface area contributed by atoms with E-state index in [0.717, 1.165) is 0 Å². The van der Waals surface area contributed by atoms with Crippen LogP contribution in [0.25, 0.3) is 0 Å². The molecule has 0 saturated heterocycles. The first-order valence-corrected chi connectivity index (χ1v) is 4.91. The van der Waals surface area contributed by atoms with Crippen LogP contribution in [0.1, 0.15) is 10.4 Å². The highest BCUT2D eigenvalue weighted by Crippen LogP contribution is 2.10. The number of pyridine rings is 1. The third-order valence-electron chi connectivity index (χ3n) is 2.13. The minimum Gasteiger partial charge on any atom is -0.328 e. The monoisotopic (exact) mass is 232 g/mol. The molecule has 1 heterocycles. The normalized spacial score (nSPS) is 9.94. The van der Waals surface area contributed by atoms with Crippen molar-refractivity contribution in [3.63, 3.8) is 0 Å². The van der Waals surface area contributed by atoms with E-state index in [-0.39, 0.29) is 5.56 Å². The number of hydrogen-bond acceptors (Lipinski definition) is 2. The minimum atomic E-state index is -0.427. The van der Waals surface area contributed by atoms with Crippen molar-refractivity contribution in [3.05, 3.63) is 64.3 Å². The molecule has 2 N–H and O–H groups in total. The molecule has 1 amide bonds. The maximum atomic E-state index is 12.9. The van der Waals surface area contributed by atoms with Crippen molar-refractivity contribution in [3.8, 4) is 0 Å². The lowest BCUT2D eigenvalue weighted by molar-refractivity contribution is 0.102. The van der Waals surface area contributed by atoms with E-state index < -0.39 is 11.7 Å². The van der Waals surface area contributed by atoms with Crippen molar-refractivity contribution < 1.29 is 9.18 Å². The number of nitrogens with one attached hydrogen (secondary N) is 2. The van der Waals surface area contributed by atoms with Crippen molar-refractivity contribution in [1.29, 1.82) is 0 Å². The van der Waals surface area contributed by atoms with E-state index in [9.17, 15) is 14.0 Å². The number of hydrogen-bond donors (Lipinski definition) is 2. The average molecular weight is 232 g/mol. The quantitative estimate of drug-likeness (QED) is 0.828. The van der Waals surface area contributed by atoms with Crippen molar-refractivity contribution >= 4 is 11.6 Å². The number of H-pyrrole nitrogens is 1. The van der Waals surface area contributed by atoms with Crippen LogP contribution in [-0.4, -0.2) is 10.9 Å². The topological polar surface area (TPSA) is 62.0 Å². The van der Waals surface area contributed by atoms with Gasteiger partial charge in [-0.15, -0.1) is 0 Å². The second kappa shape index (κ2) is 4.61. The Morgan fingerprint density at radius 1 is 1.24 bits per heavy atom. The Morgan fingerprint density at radius 2 is 2.06 bits per heavy atom. The second-order valence-corrected chi connectivity index (χ2v) is 3.41. The molecule has 0 spiro atoms. The first-order valence-electron chi connectivity index (χ1n) is 4.91. The van der Waals surface area contributed by atoms with Gasteiger partial charge in [0, 0.05) is 18.0 Å². The molecule has 1 aromatic heterocycles. The largest absolute Gasteiger partial charge is 0.328 e. The summed E-state index contributed by atoms with van der Waals surface area (Å²) in [7, 11) is 0. The predicted molar refractivity (Wildman–Crippen MR) is 61.4 cm³/mol. The van der Waals surface area contributed by atoms with Gasteiger partial charge in [0.15, 0.2) is 0 Å². The van der Waals surface area contributed by atoms with Crippen LogP contribution in [-0.2, 0) is 0 Å². The summed E-state index contributed by atoms with van der Waals surface area (Å²) >= 11 is 0. The molecule has 0 saturated carbocycles. The first-order chi connectivity index (χ1) is 8.15. The Balaban J connectivity index is 2.17. The smallest absolute Gasteiger partial charge is 0.257 e. The third-order valence-corrected chi connectivity index (χ3v) is 2.13. The fraction of sp³-hybridized carbons (Fsp3) is 0. The van der Waals surface area contributed by atoms with Gasteiger partial charge < -0.3 is 10.3 Å². The molecule has 4 nitrogen and oxygen atoms in total. The molecule has 0 radical (unpaired) electrons. The van der Waals surface area contributed by atoms with Gasteiger partial charge in [0.25, 0.3) is 5.91 Å². The van der Waals surface area contributed by atoms with E-state index in [1.54, 1.807) is 6.07 Å². The molecule has 2 rings (SSSR count). The fourth-order valence-corrected chi connectivity index (χ4v) is 1.32. The van der Waals surface area contributed by atoms with E-state index in [4.69, 9.17) is 0 Å². The molecular weight excluding hydrogens is 223 g/mol. The first kappa shape index (κ1) is 11.1. The van der Waals surface area contributed by atoms with Crippen LogP contribution >= 0.6 is 0 Å². The summed E-state index contributed by atoms with van der Waals surface area (Å²) in [5.74, 6) is -0.837. The third kappa shape index (κ3) is 2.78. The highest BCUT2D eigenvalue weighted by atomic mass is 19.1. The van der Waals surface area contributed by atoms with Gasteiger partial charge >= 0.3 is 0 Å². The van der Waals surface area contributed by atoms with Gasteiger partial charge in [0.2, 0.25) is 5.56 Å². The van der Waals surface area contributed by atoms with Crippen LogP contribution in [0, 0.1) is 5.82 Å². The van der Waals surface area contributed by atoms with E-state index in [0.29, 0.717) is 11.3 Å². The minimum absolute atomic E-state index is 0.285. The van der Waals surface area contributed by atoms with E-state index in [1.807, 2.05) is 0 Å². The number of aromatic amines is 1. The predicted octanol–water partition coefficient (Wildman–Crippen LogP) is 1.77. The summed E-state index contributed by atoms with van der Waals surface area (Å²) in [6, 6.07) is 8.22. The number of benzene rings is 1. The zero-order chi connectivity index (χ0) is 12.3. The van der Waals surface area contributed by atoms with Crippen molar-refractivity contribution in [2.45, 2.75) is 0 Å². The van der Waals surface area contributed by atoms with E-state index >= 15 is 0 Å². The van der Waals surface area contributed by atoms with Gasteiger partial charge in [0.1, 0.15) is 5.82 Å². The van der Waals surface area contributed by atoms with Gasteiger partial charge in [-0.05, 0) is 24.3 Å². The Bertz CT molecular complexity index is 587. The molecule has 0 unspecified atom stereocenters. The maximum absolute atomic E-state index is 12.9. The Labute approximate surface area is 96.1 Å². The molecule has 0 aliphatic carbocycles. The number of carbonyl (C=O) groups is 1. The fourth-order valence-electron chi connectivity index (χ4n) is 1.32. The number of aromatic nitrogens is 1. The number of halogens is 1. The molecule has 2 aromatic rings. The highest BCUT2D eigenvalue weighted by Gasteiger charge is 2.05. The van der Waals surface area contributed by atoms with Gasteiger partial charge in [0.05, 0.1) is 5.56 Å². The summed E-state index contributed by atoms with van der Waals surface area (Å²) in [6.07, 6.45) is 1.30. The molecule has 0 atom stereocenters. The molecule has 0 aliphatic rings. The van der Waals surface area contributed by atoms with Crippen LogP contribution < -0.4 is 10.9 Å². The standard InChI is InChI=1S/C12H9FN2O2/c13-9-2-1-3-10(6-9)15-12(17)8-4-5-11(16)14-7-8/h1-7H,(H,14,16)(H,15,17). The molecule has 86 valence electrons. The van der Waals surface area contributed by atoms with Gasteiger partial charge in [-0.2, -0.15) is 0 Å². The summed E-state index contributed by atoms with van der Waals surface area (Å²) in [6.45, 7) is 0. The Kier molecular flexibility index (Phi) is 3.00. The van der Waals surface area contributed by atoms with Crippen LogP contribution in [0.5, 0.6) is 0 Å². The van der Waals surface area contributed by atoms with Crippen LogP contribution in [0.3, 0.4) is 0 Å². The Morgan fingerprint density at radius 3 is 2.71 bits per heavy atom. The molecule has 0 fully saturated rings. The lowest BCUT2D eigenvalue weighted by Gasteiger charge is -2.04. The maximum Gasteiger partial charge on any atom is 0.257 e. The lowest BCUT2D eigenvalue weighted by Crippen LogP contribution is -2.14. The van der Waals surface area contributed by atoms with Crippen LogP contribution in [0.4, 0.5) is 10.1 Å². The van der Waals surface area contributed by atoms with E-state index in [1.165, 1.54) is 36.5 Å². The van der Waals surface area contributed by atoms with Gasteiger partial charge in [-0.1, -0.05) is 6.07 Å². The number of amides is 1. The average Bonchev–Trinajstić information content (AvgIpc) is 2.29. The molecule has 0 bridgehead atoms. The number of rotatable bonds is 2. The molecule has 1 aromatic carbocycles. The van der Waals surface area contributed by atoms with Gasteiger partial charge in [-0.25, -0.2) is 4.39 Å². The van der Waals surface area contributed by atoms with Crippen molar-refractivity contribution in [1.82, 2.24) is 4.98 Å². The molecule has 5 heteroatoms. The summed E-state index contributed by atoms with van der Waals surface area (Å²) < 4.78 is 12.9. The number of carbonyl (C=O) groups excluding carboxylic acids is 1. The molecule has 17 heavy (non-hydrogen) atoms. The Hall–Kier alpha value is -2.43. The zero-order valence-corrected chi connectivity index (χ0v) is 8.74. The van der Waals surface area contributed by atoms with E-state index in [2.05, 4.69) is 10.3 Å². The zero-order valence-electron chi connectivity index (χ0n) is 8.74. The highest BCUT2D eigenvalue weighted by molar-refractivity contribution is 6.03. The number of anilines is 1. The van der Waals surface area contributed by atoms with Crippen molar-refractivity contribution in [2.75, 3.05) is 5.32 Å². The SMILES string of the molecule is O=C(Nc1cccc(F)c1)c1ccc(=O)[nH]c1. The van der Waals surface area contributed by atoms with Crippen LogP contribution in [0.2, 0.25) is 0 Å². The van der Waals surface area contributed by atoms with Gasteiger partial charge in [-0.3, -0.25) is 9.59 Å². The lowest BCUT2D eigenvalue weighted by atomic mass is 10.2. The van der Waals surface area contributed by atoms with Crippen LogP contribution in [0.15, 0.2) is 47.4 Å². The second-order valence-electron chi connectivity index (χ2n) is 3.41. The summed E-state index contributed by atoms with van der Waals surface area (Å²) in [5, 5.41) is 2.52. The van der Waals surface area contributed by atoms with Crippen molar-refractivity contribution in [2.24, 2.45) is 0 Å².